The third-order valence-electron chi connectivity index (χ3n) is 5.00. The molecule has 8 heteroatoms. The Labute approximate surface area is 142 Å². The maximum absolute atomic E-state index is 12.8. The highest BCUT2D eigenvalue weighted by Crippen LogP contribution is 2.26. The first-order valence-electron chi connectivity index (χ1n) is 8.87. The van der Waals surface area contributed by atoms with E-state index >= 15 is 0 Å². The summed E-state index contributed by atoms with van der Waals surface area (Å²) in [6, 6.07) is -0.641. The molecule has 0 aromatic carbocycles. The lowest BCUT2D eigenvalue weighted by molar-refractivity contribution is -0.181. The van der Waals surface area contributed by atoms with Gasteiger partial charge in [0, 0.05) is 52.4 Å². The van der Waals surface area contributed by atoms with Gasteiger partial charge in [0.1, 0.15) is 6.04 Å². The lowest BCUT2D eigenvalue weighted by Gasteiger charge is -2.39. The summed E-state index contributed by atoms with van der Waals surface area (Å²) < 4.78 is 38.4. The molecule has 1 unspecified atom stereocenters. The average Bonchev–Trinajstić information content (AvgIpc) is 3.39. The van der Waals surface area contributed by atoms with Crippen molar-refractivity contribution in [3.8, 4) is 0 Å². The van der Waals surface area contributed by atoms with E-state index in [4.69, 9.17) is 0 Å². The molecular weight excluding hydrogens is 319 g/mol. The molecule has 1 aliphatic carbocycles. The summed E-state index contributed by atoms with van der Waals surface area (Å²) in [7, 11) is 1.73. The third kappa shape index (κ3) is 5.24. The predicted molar refractivity (Wildman–Crippen MR) is 90.3 cm³/mol. The van der Waals surface area contributed by atoms with E-state index in [0.717, 1.165) is 31.6 Å². The SMILES string of the molecule is CCN(CCNC(=NC)N1CCN(C(C)C(F)(F)F)CC1)C1CC1. The van der Waals surface area contributed by atoms with Crippen LogP contribution in [0.1, 0.15) is 26.7 Å². The van der Waals surface area contributed by atoms with E-state index in [1.165, 1.54) is 24.7 Å². The van der Waals surface area contributed by atoms with Crippen LogP contribution in [0.4, 0.5) is 13.2 Å². The highest BCUT2D eigenvalue weighted by molar-refractivity contribution is 5.80. The van der Waals surface area contributed by atoms with Crippen LogP contribution in [0.15, 0.2) is 4.99 Å². The summed E-state index contributed by atoms with van der Waals surface area (Å²) in [5, 5.41) is 3.35. The molecule has 2 aliphatic rings. The molecule has 1 saturated carbocycles. The highest BCUT2D eigenvalue weighted by atomic mass is 19.4. The van der Waals surface area contributed by atoms with E-state index in [9.17, 15) is 13.2 Å². The topological polar surface area (TPSA) is 34.1 Å². The summed E-state index contributed by atoms with van der Waals surface area (Å²) in [6.45, 7) is 8.21. The van der Waals surface area contributed by atoms with Crippen LogP contribution in [0.25, 0.3) is 0 Å². The number of rotatable bonds is 6. The van der Waals surface area contributed by atoms with Crippen molar-refractivity contribution in [2.45, 2.75) is 44.9 Å². The Balaban J connectivity index is 1.74. The number of alkyl halides is 3. The zero-order valence-corrected chi connectivity index (χ0v) is 14.9. The monoisotopic (exact) mass is 349 g/mol. The summed E-state index contributed by atoms with van der Waals surface area (Å²) in [5.74, 6) is 0.793. The van der Waals surface area contributed by atoms with Crippen molar-refractivity contribution in [2.24, 2.45) is 4.99 Å². The Morgan fingerprint density at radius 1 is 1.25 bits per heavy atom. The maximum atomic E-state index is 12.8. The standard InChI is InChI=1S/C16H30F3N5/c1-4-22(14-5-6-14)8-7-21-15(20-3)24-11-9-23(10-12-24)13(2)16(17,18)19/h13-14H,4-12H2,1-3H3,(H,20,21). The van der Waals surface area contributed by atoms with Crippen molar-refractivity contribution < 1.29 is 13.2 Å². The molecule has 1 N–H and O–H groups in total. The minimum atomic E-state index is -4.16. The fourth-order valence-electron chi connectivity index (χ4n) is 3.21. The molecular formula is C16H30F3N5. The molecule has 0 aromatic rings. The molecule has 140 valence electrons. The Kier molecular flexibility index (Phi) is 6.74. The number of piperazine rings is 1. The van der Waals surface area contributed by atoms with Gasteiger partial charge >= 0.3 is 6.18 Å². The first kappa shape index (κ1) is 19.3. The van der Waals surface area contributed by atoms with E-state index in [0.29, 0.717) is 26.2 Å². The lowest BCUT2D eigenvalue weighted by atomic mass is 10.2. The van der Waals surface area contributed by atoms with Gasteiger partial charge in [-0.3, -0.25) is 14.8 Å². The van der Waals surface area contributed by atoms with Crippen LogP contribution in [0.3, 0.4) is 0 Å². The number of hydrogen-bond donors (Lipinski definition) is 1. The van der Waals surface area contributed by atoms with Crippen molar-refractivity contribution in [3.63, 3.8) is 0 Å². The fraction of sp³-hybridized carbons (Fsp3) is 0.938. The van der Waals surface area contributed by atoms with E-state index in [-0.39, 0.29) is 0 Å². The Morgan fingerprint density at radius 2 is 1.88 bits per heavy atom. The van der Waals surface area contributed by atoms with Crippen molar-refractivity contribution in [1.82, 2.24) is 20.0 Å². The van der Waals surface area contributed by atoms with Gasteiger partial charge in [-0.05, 0) is 26.3 Å². The Hall–Kier alpha value is -1.02. The Bertz CT molecular complexity index is 414. The fourth-order valence-corrected chi connectivity index (χ4v) is 3.21. The summed E-state index contributed by atoms with van der Waals surface area (Å²) >= 11 is 0. The minimum Gasteiger partial charge on any atom is -0.355 e. The van der Waals surface area contributed by atoms with Gasteiger partial charge in [0.2, 0.25) is 0 Å². The van der Waals surface area contributed by atoms with E-state index in [1.807, 2.05) is 4.90 Å². The van der Waals surface area contributed by atoms with Crippen LogP contribution >= 0.6 is 0 Å². The second-order valence-corrected chi connectivity index (χ2v) is 6.57. The van der Waals surface area contributed by atoms with Crippen LogP contribution < -0.4 is 5.32 Å². The summed E-state index contributed by atoms with van der Waals surface area (Å²) in [5.41, 5.74) is 0. The number of likely N-dealkylation sites (N-methyl/N-ethyl adjacent to an activating group) is 1. The number of nitrogens with zero attached hydrogens (tertiary/aromatic N) is 4. The molecule has 0 spiro atoms. The van der Waals surface area contributed by atoms with Crippen molar-refractivity contribution in [2.75, 3.05) is 52.9 Å². The smallest absolute Gasteiger partial charge is 0.355 e. The van der Waals surface area contributed by atoms with Gasteiger partial charge < -0.3 is 10.2 Å². The number of halogens is 3. The van der Waals surface area contributed by atoms with Crippen LogP contribution in [-0.2, 0) is 0 Å². The second kappa shape index (κ2) is 8.38. The van der Waals surface area contributed by atoms with Crippen LogP contribution in [-0.4, -0.2) is 91.8 Å². The van der Waals surface area contributed by atoms with Crippen molar-refractivity contribution >= 4 is 5.96 Å². The normalized spacial score (nSPS) is 22.1. The second-order valence-electron chi connectivity index (χ2n) is 6.57. The summed E-state index contributed by atoms with van der Waals surface area (Å²) in [6.07, 6.45) is -1.57. The molecule has 5 nitrogen and oxygen atoms in total. The van der Waals surface area contributed by atoms with Gasteiger partial charge in [-0.1, -0.05) is 6.92 Å². The number of aliphatic imine (C=N–C) groups is 1. The molecule has 1 heterocycles. The molecule has 24 heavy (non-hydrogen) atoms. The minimum absolute atomic E-state index is 0.407. The molecule has 2 rings (SSSR count). The van der Waals surface area contributed by atoms with Crippen molar-refractivity contribution in [3.05, 3.63) is 0 Å². The van der Waals surface area contributed by atoms with Gasteiger partial charge in [-0.2, -0.15) is 13.2 Å². The van der Waals surface area contributed by atoms with Gasteiger partial charge in [0.15, 0.2) is 5.96 Å². The third-order valence-corrected chi connectivity index (χ3v) is 5.00. The van der Waals surface area contributed by atoms with Crippen LogP contribution in [0.5, 0.6) is 0 Å². The van der Waals surface area contributed by atoms with Crippen LogP contribution in [0, 0.1) is 0 Å². The lowest BCUT2D eigenvalue weighted by Crippen LogP contribution is -2.57. The average molecular weight is 349 g/mol. The number of guanidine groups is 1. The first-order chi connectivity index (χ1) is 11.4. The molecule has 1 aliphatic heterocycles. The van der Waals surface area contributed by atoms with E-state index in [2.05, 4.69) is 22.1 Å². The van der Waals surface area contributed by atoms with Gasteiger partial charge in [-0.25, -0.2) is 0 Å². The highest BCUT2D eigenvalue weighted by Gasteiger charge is 2.41. The number of hydrogen-bond acceptors (Lipinski definition) is 3. The van der Waals surface area contributed by atoms with Crippen molar-refractivity contribution in [1.29, 1.82) is 0 Å². The Morgan fingerprint density at radius 3 is 2.33 bits per heavy atom. The van der Waals surface area contributed by atoms with Gasteiger partial charge in [0.05, 0.1) is 0 Å². The predicted octanol–water partition coefficient (Wildman–Crippen LogP) is 1.61. The zero-order valence-electron chi connectivity index (χ0n) is 14.9. The maximum Gasteiger partial charge on any atom is 0.403 e. The summed E-state index contributed by atoms with van der Waals surface area (Å²) in [4.78, 5) is 10.3. The van der Waals surface area contributed by atoms with Gasteiger partial charge in [0.25, 0.3) is 0 Å². The molecule has 0 aromatic heterocycles. The first-order valence-corrected chi connectivity index (χ1v) is 8.87. The molecule has 0 amide bonds. The quantitative estimate of drug-likeness (QED) is 0.584. The molecule has 2 fully saturated rings. The van der Waals surface area contributed by atoms with Crippen LogP contribution in [0.2, 0.25) is 0 Å². The molecule has 1 saturated heterocycles. The van der Waals surface area contributed by atoms with E-state index < -0.39 is 12.2 Å². The zero-order chi connectivity index (χ0) is 17.7. The number of nitrogens with one attached hydrogen (secondary N) is 1. The largest absolute Gasteiger partial charge is 0.403 e. The molecule has 1 atom stereocenters. The molecule has 0 bridgehead atoms. The van der Waals surface area contributed by atoms with Gasteiger partial charge in [-0.15, -0.1) is 0 Å². The molecule has 0 radical (unpaired) electrons. The van der Waals surface area contributed by atoms with E-state index in [1.54, 1.807) is 7.05 Å².